The lowest BCUT2D eigenvalue weighted by Gasteiger charge is -2.20. The van der Waals surface area contributed by atoms with Crippen molar-refractivity contribution in [1.82, 2.24) is 4.90 Å². The molecule has 2 unspecified atom stereocenters. The quantitative estimate of drug-likeness (QED) is 0.879. The van der Waals surface area contributed by atoms with Crippen LogP contribution in [0.25, 0.3) is 0 Å². The van der Waals surface area contributed by atoms with Crippen molar-refractivity contribution >= 4 is 0 Å². The fourth-order valence-electron chi connectivity index (χ4n) is 3.00. The van der Waals surface area contributed by atoms with Crippen LogP contribution in [0.15, 0.2) is 24.3 Å². The SMILES string of the molecule is Cc1cccc(C(N)CCN2CCC(C(C)C)C2)c1. The van der Waals surface area contributed by atoms with E-state index in [1.54, 1.807) is 0 Å². The third-order valence-electron chi connectivity index (χ3n) is 4.48. The fraction of sp³-hybridized carbons (Fsp3) is 0.647. The first-order chi connectivity index (χ1) is 9.06. The predicted octanol–water partition coefficient (Wildman–Crippen LogP) is 3.36. The molecule has 0 radical (unpaired) electrons. The van der Waals surface area contributed by atoms with Gasteiger partial charge in [-0.1, -0.05) is 43.7 Å². The van der Waals surface area contributed by atoms with Crippen molar-refractivity contribution < 1.29 is 0 Å². The molecule has 2 rings (SSSR count). The summed E-state index contributed by atoms with van der Waals surface area (Å²) >= 11 is 0. The number of hydrogen-bond acceptors (Lipinski definition) is 2. The Bertz CT molecular complexity index is 400. The van der Waals surface area contributed by atoms with Gasteiger partial charge in [-0.3, -0.25) is 0 Å². The van der Waals surface area contributed by atoms with E-state index in [-0.39, 0.29) is 6.04 Å². The van der Waals surface area contributed by atoms with Gasteiger partial charge in [-0.25, -0.2) is 0 Å². The van der Waals surface area contributed by atoms with Crippen LogP contribution in [0.2, 0.25) is 0 Å². The molecule has 1 aliphatic rings. The number of nitrogens with zero attached hydrogens (tertiary/aromatic N) is 1. The number of rotatable bonds is 5. The second-order valence-electron chi connectivity index (χ2n) is 6.40. The highest BCUT2D eigenvalue weighted by atomic mass is 15.1. The van der Waals surface area contributed by atoms with Gasteiger partial charge in [0.05, 0.1) is 0 Å². The normalized spacial score (nSPS) is 22.1. The Morgan fingerprint density at radius 1 is 1.37 bits per heavy atom. The van der Waals surface area contributed by atoms with Crippen LogP contribution in [0.3, 0.4) is 0 Å². The van der Waals surface area contributed by atoms with E-state index in [0.29, 0.717) is 0 Å². The number of likely N-dealkylation sites (tertiary alicyclic amines) is 1. The van der Waals surface area contributed by atoms with Gasteiger partial charge in [-0.05, 0) is 50.3 Å². The van der Waals surface area contributed by atoms with E-state index >= 15 is 0 Å². The second kappa shape index (κ2) is 6.53. The third kappa shape index (κ3) is 4.05. The summed E-state index contributed by atoms with van der Waals surface area (Å²) in [6.45, 7) is 10.5. The van der Waals surface area contributed by atoms with Crippen molar-refractivity contribution in [2.45, 2.75) is 39.7 Å². The Morgan fingerprint density at radius 2 is 2.16 bits per heavy atom. The molecule has 0 amide bonds. The Hall–Kier alpha value is -0.860. The van der Waals surface area contributed by atoms with Gasteiger partial charge in [0.2, 0.25) is 0 Å². The first kappa shape index (κ1) is 14.5. The van der Waals surface area contributed by atoms with E-state index in [1.165, 1.54) is 30.6 Å². The van der Waals surface area contributed by atoms with Gasteiger partial charge in [-0.2, -0.15) is 0 Å². The number of hydrogen-bond donors (Lipinski definition) is 1. The largest absolute Gasteiger partial charge is 0.324 e. The molecule has 1 aromatic rings. The van der Waals surface area contributed by atoms with Crippen LogP contribution in [0, 0.1) is 18.8 Å². The van der Waals surface area contributed by atoms with Crippen LogP contribution >= 0.6 is 0 Å². The van der Waals surface area contributed by atoms with Crippen LogP contribution in [0.4, 0.5) is 0 Å². The highest BCUT2D eigenvalue weighted by molar-refractivity contribution is 5.24. The van der Waals surface area contributed by atoms with Gasteiger partial charge in [0.1, 0.15) is 0 Å². The average Bonchev–Trinajstić information content (AvgIpc) is 2.85. The van der Waals surface area contributed by atoms with Gasteiger partial charge < -0.3 is 10.6 Å². The van der Waals surface area contributed by atoms with Crippen molar-refractivity contribution in [2.75, 3.05) is 19.6 Å². The molecule has 1 fully saturated rings. The maximum absolute atomic E-state index is 6.31. The van der Waals surface area contributed by atoms with E-state index in [2.05, 4.69) is 49.9 Å². The zero-order valence-electron chi connectivity index (χ0n) is 12.6. The van der Waals surface area contributed by atoms with Gasteiger partial charge in [-0.15, -0.1) is 0 Å². The molecule has 106 valence electrons. The standard InChI is InChI=1S/C17H28N2/c1-13(2)16-7-9-19(12-16)10-8-17(18)15-6-4-5-14(3)11-15/h4-6,11,13,16-17H,7-10,12,18H2,1-3H3. The molecule has 2 N–H and O–H groups in total. The van der Waals surface area contributed by atoms with Crippen molar-refractivity contribution in [1.29, 1.82) is 0 Å². The monoisotopic (exact) mass is 260 g/mol. The molecule has 0 saturated carbocycles. The van der Waals surface area contributed by atoms with Gasteiger partial charge in [0.25, 0.3) is 0 Å². The second-order valence-corrected chi connectivity index (χ2v) is 6.40. The summed E-state index contributed by atoms with van der Waals surface area (Å²) in [7, 11) is 0. The number of benzene rings is 1. The van der Waals surface area contributed by atoms with Crippen LogP contribution in [-0.4, -0.2) is 24.5 Å². The molecule has 0 spiro atoms. The molecule has 1 saturated heterocycles. The van der Waals surface area contributed by atoms with E-state index in [4.69, 9.17) is 5.73 Å². The van der Waals surface area contributed by atoms with Crippen LogP contribution in [-0.2, 0) is 0 Å². The lowest BCUT2D eigenvalue weighted by atomic mass is 9.95. The Morgan fingerprint density at radius 3 is 2.79 bits per heavy atom. The van der Waals surface area contributed by atoms with Crippen molar-refractivity contribution in [3.05, 3.63) is 35.4 Å². The number of aryl methyl sites for hydroxylation is 1. The molecule has 1 aliphatic heterocycles. The minimum Gasteiger partial charge on any atom is -0.324 e. The molecule has 0 bridgehead atoms. The summed E-state index contributed by atoms with van der Waals surface area (Å²) < 4.78 is 0. The highest BCUT2D eigenvalue weighted by Crippen LogP contribution is 2.24. The van der Waals surface area contributed by atoms with Gasteiger partial charge >= 0.3 is 0 Å². The van der Waals surface area contributed by atoms with Gasteiger partial charge in [0.15, 0.2) is 0 Å². The molecular formula is C17H28N2. The lowest BCUT2D eigenvalue weighted by molar-refractivity contribution is 0.292. The molecule has 0 aromatic heterocycles. The smallest absolute Gasteiger partial charge is 0.0307 e. The molecule has 2 heteroatoms. The van der Waals surface area contributed by atoms with Crippen molar-refractivity contribution in [3.63, 3.8) is 0 Å². The van der Waals surface area contributed by atoms with Crippen molar-refractivity contribution in [3.8, 4) is 0 Å². The summed E-state index contributed by atoms with van der Waals surface area (Å²) in [6.07, 6.45) is 2.42. The summed E-state index contributed by atoms with van der Waals surface area (Å²) in [5.41, 5.74) is 8.89. The minimum absolute atomic E-state index is 0.179. The van der Waals surface area contributed by atoms with E-state index in [0.717, 1.165) is 24.8 Å². The zero-order chi connectivity index (χ0) is 13.8. The minimum atomic E-state index is 0.179. The summed E-state index contributed by atoms with van der Waals surface area (Å²) in [4.78, 5) is 2.58. The summed E-state index contributed by atoms with van der Waals surface area (Å²) in [6, 6.07) is 8.78. The summed E-state index contributed by atoms with van der Waals surface area (Å²) in [5, 5.41) is 0. The van der Waals surface area contributed by atoms with Crippen LogP contribution in [0.5, 0.6) is 0 Å². The van der Waals surface area contributed by atoms with Crippen LogP contribution in [0.1, 0.15) is 43.9 Å². The zero-order valence-corrected chi connectivity index (χ0v) is 12.6. The van der Waals surface area contributed by atoms with Gasteiger partial charge in [0, 0.05) is 12.6 Å². The van der Waals surface area contributed by atoms with Crippen molar-refractivity contribution in [2.24, 2.45) is 17.6 Å². The molecule has 0 aliphatic carbocycles. The topological polar surface area (TPSA) is 29.3 Å². The first-order valence-corrected chi connectivity index (χ1v) is 7.60. The van der Waals surface area contributed by atoms with E-state index in [1.807, 2.05) is 0 Å². The summed E-state index contributed by atoms with van der Waals surface area (Å²) in [5.74, 6) is 1.70. The molecule has 19 heavy (non-hydrogen) atoms. The Balaban J connectivity index is 1.80. The maximum Gasteiger partial charge on any atom is 0.0307 e. The lowest BCUT2D eigenvalue weighted by Crippen LogP contribution is -2.26. The number of nitrogens with two attached hydrogens (primary N) is 1. The molecule has 2 atom stereocenters. The molecule has 1 heterocycles. The van der Waals surface area contributed by atoms with E-state index in [9.17, 15) is 0 Å². The molecule has 1 aromatic carbocycles. The predicted molar refractivity (Wildman–Crippen MR) is 82.1 cm³/mol. The highest BCUT2D eigenvalue weighted by Gasteiger charge is 2.24. The fourth-order valence-corrected chi connectivity index (χ4v) is 3.00. The Labute approximate surface area is 118 Å². The molecular weight excluding hydrogens is 232 g/mol. The van der Waals surface area contributed by atoms with E-state index < -0.39 is 0 Å². The maximum atomic E-state index is 6.31. The van der Waals surface area contributed by atoms with Crippen LogP contribution < -0.4 is 5.73 Å². The average molecular weight is 260 g/mol. The first-order valence-electron chi connectivity index (χ1n) is 7.60. The Kier molecular flexibility index (Phi) is 5.00. The molecule has 2 nitrogen and oxygen atoms in total. The third-order valence-corrected chi connectivity index (χ3v) is 4.48.